The second kappa shape index (κ2) is 13.8. The van der Waals surface area contributed by atoms with Crippen LogP contribution >= 0.6 is 24.4 Å². The molecule has 0 fully saturated rings. The summed E-state index contributed by atoms with van der Waals surface area (Å²) in [6.07, 6.45) is 0. The lowest BCUT2D eigenvalue weighted by Crippen LogP contribution is -2.55. The Morgan fingerprint density at radius 3 is 2.00 bits per heavy atom. The van der Waals surface area contributed by atoms with E-state index < -0.39 is 23.6 Å². The SMILES string of the molecule is COc1cccc(C(=S)N(C)N(C(C)=O)C(=O)C(C)C(=O)NN(C)C(=S)c2cccc(OC)c2OC)c1CO. The number of amides is 3. The number of hydrogen-bond acceptors (Lipinski definition) is 9. The van der Waals surface area contributed by atoms with Crippen LogP contribution in [-0.2, 0) is 21.0 Å². The first kappa shape index (κ1) is 31.4. The molecule has 210 valence electrons. The number of methoxy groups -OCH3 is 3. The summed E-state index contributed by atoms with van der Waals surface area (Å²) in [5.41, 5.74) is 3.84. The lowest BCUT2D eigenvalue weighted by Gasteiger charge is -2.33. The highest BCUT2D eigenvalue weighted by Gasteiger charge is 2.34. The van der Waals surface area contributed by atoms with Gasteiger partial charge in [0.2, 0.25) is 5.91 Å². The van der Waals surface area contributed by atoms with E-state index in [9.17, 15) is 19.5 Å². The molecule has 2 N–H and O–H groups in total. The van der Waals surface area contributed by atoms with Gasteiger partial charge in [-0.25, -0.2) is 0 Å². The number of nitrogens with zero attached hydrogens (tertiary/aromatic N) is 3. The standard InChI is InChI=1S/C26H32N4O7S2/c1-15(23(33)27-28(3)25(38)18-11-9-13-21(36-6)22(18)37-7)24(34)30(16(2)32)29(4)26(39)17-10-8-12-20(35-5)19(17)14-31/h8-13,15,31H,14H2,1-7H3,(H,27,33). The lowest BCUT2D eigenvalue weighted by atomic mass is 10.1. The summed E-state index contributed by atoms with van der Waals surface area (Å²) in [4.78, 5) is 39.2. The third-order valence-corrected chi connectivity index (χ3v) is 6.80. The molecule has 0 radical (unpaired) electrons. The van der Waals surface area contributed by atoms with E-state index in [1.807, 2.05) is 0 Å². The molecule has 39 heavy (non-hydrogen) atoms. The van der Waals surface area contributed by atoms with E-state index >= 15 is 0 Å². The third kappa shape index (κ3) is 6.80. The van der Waals surface area contributed by atoms with Crippen LogP contribution in [0.25, 0.3) is 0 Å². The summed E-state index contributed by atoms with van der Waals surface area (Å²) in [7, 11) is 7.34. The molecule has 0 spiro atoms. The van der Waals surface area contributed by atoms with E-state index in [-0.39, 0.29) is 16.6 Å². The Balaban J connectivity index is 2.26. The fourth-order valence-corrected chi connectivity index (χ4v) is 4.22. The number of aliphatic hydroxyl groups is 1. The van der Waals surface area contributed by atoms with Crippen LogP contribution < -0.4 is 19.6 Å². The highest BCUT2D eigenvalue weighted by Crippen LogP contribution is 2.31. The van der Waals surface area contributed by atoms with Gasteiger partial charge in [-0.1, -0.05) is 42.6 Å². The molecular formula is C26H32N4O7S2. The smallest absolute Gasteiger partial charge is 0.260 e. The van der Waals surface area contributed by atoms with Crippen LogP contribution in [-0.4, -0.2) is 83.3 Å². The van der Waals surface area contributed by atoms with Gasteiger partial charge >= 0.3 is 0 Å². The Labute approximate surface area is 238 Å². The van der Waals surface area contributed by atoms with Gasteiger partial charge < -0.3 is 19.3 Å². The van der Waals surface area contributed by atoms with Crippen molar-refractivity contribution in [2.24, 2.45) is 5.92 Å². The minimum Gasteiger partial charge on any atom is -0.496 e. The van der Waals surface area contributed by atoms with E-state index in [0.29, 0.717) is 33.9 Å². The quantitative estimate of drug-likeness (QED) is 0.273. The highest BCUT2D eigenvalue weighted by atomic mass is 32.1. The second-order valence-electron chi connectivity index (χ2n) is 8.25. The molecule has 0 heterocycles. The van der Waals surface area contributed by atoms with Crippen molar-refractivity contribution in [3.8, 4) is 17.2 Å². The van der Waals surface area contributed by atoms with E-state index in [0.717, 1.165) is 10.0 Å². The topological polar surface area (TPSA) is 121 Å². The Morgan fingerprint density at radius 2 is 1.49 bits per heavy atom. The van der Waals surface area contributed by atoms with Crippen LogP contribution in [0.5, 0.6) is 17.2 Å². The number of thiocarbonyl (C=S) groups is 2. The number of imide groups is 1. The molecule has 3 amide bonds. The summed E-state index contributed by atoms with van der Waals surface area (Å²) < 4.78 is 16.0. The molecule has 2 aromatic rings. The zero-order chi connectivity index (χ0) is 29.4. The van der Waals surface area contributed by atoms with Crippen LogP contribution in [0.1, 0.15) is 30.5 Å². The van der Waals surface area contributed by atoms with Gasteiger partial charge in [-0.15, -0.1) is 0 Å². The molecule has 0 saturated carbocycles. The van der Waals surface area contributed by atoms with E-state index in [2.05, 4.69) is 5.43 Å². The van der Waals surface area contributed by atoms with Crippen LogP contribution in [0, 0.1) is 5.92 Å². The van der Waals surface area contributed by atoms with Gasteiger partial charge in [-0.05, 0) is 25.1 Å². The average molecular weight is 577 g/mol. The van der Waals surface area contributed by atoms with Gasteiger partial charge in [-0.3, -0.25) is 29.8 Å². The minimum absolute atomic E-state index is 0.0672. The molecule has 1 unspecified atom stereocenters. The van der Waals surface area contributed by atoms with Crippen LogP contribution in [0.2, 0.25) is 0 Å². The number of nitrogens with one attached hydrogen (secondary N) is 1. The fourth-order valence-electron chi connectivity index (χ4n) is 3.74. The second-order valence-corrected chi connectivity index (χ2v) is 9.02. The lowest BCUT2D eigenvalue weighted by molar-refractivity contribution is -0.159. The molecule has 1 atom stereocenters. The number of ether oxygens (including phenoxy) is 3. The molecule has 2 aromatic carbocycles. The highest BCUT2D eigenvalue weighted by molar-refractivity contribution is 7.81. The van der Waals surface area contributed by atoms with Crippen molar-refractivity contribution in [2.45, 2.75) is 20.5 Å². The molecular weight excluding hydrogens is 544 g/mol. The van der Waals surface area contributed by atoms with Crippen molar-refractivity contribution >= 4 is 52.1 Å². The third-order valence-electron chi connectivity index (χ3n) is 5.82. The van der Waals surface area contributed by atoms with Gasteiger partial charge in [-0.2, -0.15) is 5.01 Å². The van der Waals surface area contributed by atoms with Gasteiger partial charge in [0, 0.05) is 32.1 Å². The molecule has 0 aliphatic heterocycles. The first-order valence-corrected chi connectivity index (χ1v) is 12.4. The predicted octanol–water partition coefficient (Wildman–Crippen LogP) is 2.08. The maximum Gasteiger partial charge on any atom is 0.260 e. The van der Waals surface area contributed by atoms with Crippen LogP contribution in [0.3, 0.4) is 0 Å². The minimum atomic E-state index is -1.31. The van der Waals surface area contributed by atoms with Crippen molar-refractivity contribution in [1.29, 1.82) is 0 Å². The number of hydrogen-bond donors (Lipinski definition) is 2. The largest absolute Gasteiger partial charge is 0.496 e. The number of hydrazine groups is 2. The molecule has 13 heteroatoms. The molecule has 11 nitrogen and oxygen atoms in total. The molecule has 0 bridgehead atoms. The van der Waals surface area contributed by atoms with Gasteiger partial charge in [0.05, 0.1) is 33.5 Å². The molecule has 0 aliphatic rings. The summed E-state index contributed by atoms with van der Waals surface area (Å²) in [6, 6.07) is 10.1. The number of benzene rings is 2. The maximum absolute atomic E-state index is 13.4. The van der Waals surface area contributed by atoms with Crippen molar-refractivity contribution in [1.82, 2.24) is 20.5 Å². The van der Waals surface area contributed by atoms with Gasteiger partial charge in [0.25, 0.3) is 11.8 Å². The Kier molecular flexibility index (Phi) is 11.1. The van der Waals surface area contributed by atoms with Crippen LogP contribution in [0.4, 0.5) is 0 Å². The number of carbonyl (C=O) groups excluding carboxylic acids is 3. The van der Waals surface area contributed by atoms with E-state index in [1.165, 1.54) is 54.3 Å². The first-order chi connectivity index (χ1) is 18.4. The van der Waals surface area contributed by atoms with Crippen molar-refractivity contribution in [3.05, 3.63) is 53.1 Å². The number of aliphatic hydroxyl groups excluding tert-OH is 1. The Morgan fingerprint density at radius 1 is 0.923 bits per heavy atom. The Hall–Kier alpha value is -3.81. The summed E-state index contributed by atoms with van der Waals surface area (Å²) in [6.45, 7) is 2.15. The number of para-hydroxylation sites is 1. The van der Waals surface area contributed by atoms with E-state index in [4.69, 9.17) is 38.6 Å². The van der Waals surface area contributed by atoms with E-state index in [1.54, 1.807) is 36.4 Å². The van der Waals surface area contributed by atoms with Crippen molar-refractivity contribution in [2.75, 3.05) is 35.4 Å². The van der Waals surface area contributed by atoms with Gasteiger partial charge in [0.1, 0.15) is 21.6 Å². The summed E-state index contributed by atoms with van der Waals surface area (Å²) >= 11 is 11.1. The zero-order valence-electron chi connectivity index (χ0n) is 22.8. The number of carbonyl (C=O) groups is 3. The number of rotatable bonds is 8. The normalized spacial score (nSPS) is 11.1. The van der Waals surface area contributed by atoms with Crippen LogP contribution in [0.15, 0.2) is 36.4 Å². The molecule has 0 aliphatic carbocycles. The molecule has 0 aromatic heterocycles. The maximum atomic E-state index is 13.4. The summed E-state index contributed by atoms with van der Waals surface area (Å²) in [5, 5.41) is 13.1. The van der Waals surface area contributed by atoms with Gasteiger partial charge in [0.15, 0.2) is 11.5 Å². The van der Waals surface area contributed by atoms with Crippen molar-refractivity contribution in [3.63, 3.8) is 0 Å². The first-order valence-electron chi connectivity index (χ1n) is 11.6. The zero-order valence-corrected chi connectivity index (χ0v) is 24.4. The fraction of sp³-hybridized carbons (Fsp3) is 0.346. The monoisotopic (exact) mass is 576 g/mol. The summed E-state index contributed by atoms with van der Waals surface area (Å²) in [5.74, 6) is -2.27. The Bertz CT molecular complexity index is 1270. The molecule has 0 saturated heterocycles. The predicted molar refractivity (Wildman–Crippen MR) is 152 cm³/mol. The van der Waals surface area contributed by atoms with Crippen molar-refractivity contribution < 1.29 is 33.7 Å². The average Bonchev–Trinajstić information content (AvgIpc) is 2.94. The molecule has 2 rings (SSSR count).